The third-order valence-electron chi connectivity index (χ3n) is 4.33. The fourth-order valence-corrected chi connectivity index (χ4v) is 3.24. The fraction of sp³-hybridized carbons (Fsp3) is 0.294. The maximum absolute atomic E-state index is 10.3. The van der Waals surface area contributed by atoms with Gasteiger partial charge in [0.05, 0.1) is 17.7 Å². The number of hydrogen-bond acceptors (Lipinski definition) is 4. The first kappa shape index (κ1) is 13.4. The summed E-state index contributed by atoms with van der Waals surface area (Å²) in [7, 11) is 2.03. The van der Waals surface area contributed by atoms with E-state index in [1.807, 2.05) is 25.4 Å². The Morgan fingerprint density at radius 3 is 2.86 bits per heavy atom. The second kappa shape index (κ2) is 5.19. The normalized spacial score (nSPS) is 22.5. The SMILES string of the molecule is CN1C[C@@H](O)[C@H](n2ccnc2-c2ccc3cccnc3c2)C1. The molecule has 22 heavy (non-hydrogen) atoms. The molecule has 0 radical (unpaired) electrons. The highest BCUT2D eigenvalue weighted by atomic mass is 16.3. The van der Waals surface area contributed by atoms with Gasteiger partial charge in [-0.2, -0.15) is 0 Å². The lowest BCUT2D eigenvalue weighted by Gasteiger charge is -2.18. The van der Waals surface area contributed by atoms with Crippen LogP contribution in [0, 0.1) is 0 Å². The van der Waals surface area contributed by atoms with Gasteiger partial charge in [0.2, 0.25) is 0 Å². The number of nitrogens with zero attached hydrogens (tertiary/aromatic N) is 4. The van der Waals surface area contributed by atoms with E-state index >= 15 is 0 Å². The molecule has 4 rings (SSSR count). The van der Waals surface area contributed by atoms with Gasteiger partial charge in [-0.3, -0.25) is 4.98 Å². The monoisotopic (exact) mass is 294 g/mol. The molecule has 2 aromatic heterocycles. The maximum Gasteiger partial charge on any atom is 0.140 e. The molecular weight excluding hydrogens is 276 g/mol. The summed E-state index contributed by atoms with van der Waals surface area (Å²) in [6.07, 6.45) is 5.18. The molecule has 0 saturated carbocycles. The van der Waals surface area contributed by atoms with E-state index in [-0.39, 0.29) is 12.1 Å². The number of benzene rings is 1. The minimum Gasteiger partial charge on any atom is -0.390 e. The van der Waals surface area contributed by atoms with Gasteiger partial charge in [-0.15, -0.1) is 0 Å². The van der Waals surface area contributed by atoms with Gasteiger partial charge in [-0.05, 0) is 19.2 Å². The van der Waals surface area contributed by atoms with Crippen LogP contribution in [0.15, 0.2) is 48.9 Å². The Labute approximate surface area is 128 Å². The number of aliphatic hydroxyl groups excluding tert-OH is 1. The molecule has 1 aliphatic heterocycles. The van der Waals surface area contributed by atoms with Crippen LogP contribution in [0.5, 0.6) is 0 Å². The molecule has 0 aliphatic carbocycles. The van der Waals surface area contributed by atoms with Crippen molar-refractivity contribution >= 4 is 10.9 Å². The number of pyridine rings is 1. The van der Waals surface area contributed by atoms with Crippen LogP contribution in [-0.2, 0) is 0 Å². The molecule has 1 saturated heterocycles. The predicted octanol–water partition coefficient (Wildman–Crippen LogP) is 1.95. The maximum atomic E-state index is 10.3. The third-order valence-corrected chi connectivity index (χ3v) is 4.33. The average molecular weight is 294 g/mol. The first-order chi connectivity index (χ1) is 10.7. The molecular formula is C17H18N4O. The number of aromatic nitrogens is 3. The molecule has 1 N–H and O–H groups in total. The smallest absolute Gasteiger partial charge is 0.140 e. The average Bonchev–Trinajstić information content (AvgIpc) is 3.12. The molecule has 5 heteroatoms. The van der Waals surface area contributed by atoms with Crippen molar-refractivity contribution in [2.45, 2.75) is 12.1 Å². The van der Waals surface area contributed by atoms with Gasteiger partial charge in [0.1, 0.15) is 5.82 Å². The van der Waals surface area contributed by atoms with Crippen molar-refractivity contribution in [3.05, 3.63) is 48.9 Å². The molecule has 0 spiro atoms. The van der Waals surface area contributed by atoms with Crippen LogP contribution in [0.3, 0.4) is 0 Å². The second-order valence-electron chi connectivity index (χ2n) is 5.92. The van der Waals surface area contributed by atoms with Crippen molar-refractivity contribution in [3.8, 4) is 11.4 Å². The molecule has 0 amide bonds. The molecule has 112 valence electrons. The van der Waals surface area contributed by atoms with Crippen LogP contribution < -0.4 is 0 Å². The first-order valence-corrected chi connectivity index (χ1v) is 7.47. The summed E-state index contributed by atoms with van der Waals surface area (Å²) >= 11 is 0. The van der Waals surface area contributed by atoms with Crippen LogP contribution in [0.1, 0.15) is 6.04 Å². The summed E-state index contributed by atoms with van der Waals surface area (Å²) in [5, 5.41) is 11.4. The number of rotatable bonds is 2. The molecule has 0 bridgehead atoms. The lowest BCUT2D eigenvalue weighted by atomic mass is 10.1. The van der Waals surface area contributed by atoms with Crippen LogP contribution >= 0.6 is 0 Å². The van der Waals surface area contributed by atoms with Gasteiger partial charge in [0.15, 0.2) is 0 Å². The molecule has 3 heterocycles. The number of hydrogen-bond donors (Lipinski definition) is 1. The van der Waals surface area contributed by atoms with E-state index in [2.05, 4.69) is 37.6 Å². The van der Waals surface area contributed by atoms with E-state index in [9.17, 15) is 5.11 Å². The lowest BCUT2D eigenvalue weighted by molar-refractivity contribution is 0.147. The summed E-state index contributed by atoms with van der Waals surface area (Å²) in [4.78, 5) is 11.1. The Hall–Kier alpha value is -2.24. The van der Waals surface area contributed by atoms with Crippen LogP contribution in [0.25, 0.3) is 22.3 Å². The Morgan fingerprint density at radius 1 is 1.14 bits per heavy atom. The molecule has 1 aromatic carbocycles. The van der Waals surface area contributed by atoms with Crippen molar-refractivity contribution in [1.82, 2.24) is 19.4 Å². The van der Waals surface area contributed by atoms with E-state index in [0.29, 0.717) is 6.54 Å². The topological polar surface area (TPSA) is 54.2 Å². The number of fused-ring (bicyclic) bond motifs is 1. The number of likely N-dealkylation sites (tertiary alicyclic amines) is 1. The Morgan fingerprint density at radius 2 is 2.05 bits per heavy atom. The third kappa shape index (κ3) is 2.19. The predicted molar refractivity (Wildman–Crippen MR) is 85.5 cm³/mol. The molecule has 2 atom stereocenters. The largest absolute Gasteiger partial charge is 0.390 e. The standard InChI is InChI=1S/C17H18N4O/c1-20-10-15(16(22)11-20)21-8-7-19-17(21)13-5-4-12-3-2-6-18-14(12)9-13/h2-9,15-16,22H,10-11H2,1H3/t15-,16-/m1/s1. The zero-order valence-corrected chi connectivity index (χ0v) is 12.4. The van der Waals surface area contributed by atoms with Gasteiger partial charge in [0, 0.05) is 42.6 Å². The van der Waals surface area contributed by atoms with E-state index in [1.165, 1.54) is 0 Å². The number of β-amino-alcohol motifs (C(OH)–C–C–N with tert-alkyl or cyclic N) is 1. The van der Waals surface area contributed by atoms with E-state index in [1.54, 1.807) is 12.4 Å². The second-order valence-corrected chi connectivity index (χ2v) is 5.92. The quantitative estimate of drug-likeness (QED) is 0.785. The highest BCUT2D eigenvalue weighted by Crippen LogP contribution is 2.28. The van der Waals surface area contributed by atoms with Gasteiger partial charge >= 0.3 is 0 Å². The Kier molecular flexibility index (Phi) is 3.17. The van der Waals surface area contributed by atoms with E-state index in [4.69, 9.17) is 0 Å². The van der Waals surface area contributed by atoms with Crippen molar-refractivity contribution < 1.29 is 5.11 Å². The number of imidazole rings is 1. The Bertz CT molecular complexity index is 813. The van der Waals surface area contributed by atoms with Crippen LogP contribution in [-0.4, -0.2) is 50.8 Å². The highest BCUT2D eigenvalue weighted by Gasteiger charge is 2.31. The summed E-state index contributed by atoms with van der Waals surface area (Å²) in [5.41, 5.74) is 1.98. The lowest BCUT2D eigenvalue weighted by Crippen LogP contribution is -2.22. The highest BCUT2D eigenvalue weighted by molar-refractivity contribution is 5.82. The van der Waals surface area contributed by atoms with Gasteiger partial charge in [-0.1, -0.05) is 18.2 Å². The summed E-state index contributed by atoms with van der Waals surface area (Å²) < 4.78 is 2.08. The van der Waals surface area contributed by atoms with Gasteiger partial charge < -0.3 is 14.6 Å². The molecule has 3 aromatic rings. The minimum absolute atomic E-state index is 0.0435. The molecule has 5 nitrogen and oxygen atoms in total. The van der Waals surface area contributed by atoms with Crippen molar-refractivity contribution in [3.63, 3.8) is 0 Å². The molecule has 0 unspecified atom stereocenters. The van der Waals surface area contributed by atoms with E-state index < -0.39 is 0 Å². The van der Waals surface area contributed by atoms with Crippen molar-refractivity contribution in [2.75, 3.05) is 20.1 Å². The summed E-state index contributed by atoms with van der Waals surface area (Å²) in [6.45, 7) is 1.53. The van der Waals surface area contributed by atoms with Crippen molar-refractivity contribution in [1.29, 1.82) is 0 Å². The van der Waals surface area contributed by atoms with Crippen LogP contribution in [0.4, 0.5) is 0 Å². The summed E-state index contributed by atoms with van der Waals surface area (Å²) in [5.74, 6) is 0.881. The first-order valence-electron chi connectivity index (χ1n) is 7.47. The zero-order valence-electron chi connectivity index (χ0n) is 12.4. The number of aliphatic hydroxyl groups is 1. The van der Waals surface area contributed by atoms with E-state index in [0.717, 1.165) is 28.8 Å². The van der Waals surface area contributed by atoms with Crippen LogP contribution in [0.2, 0.25) is 0 Å². The summed E-state index contributed by atoms with van der Waals surface area (Å²) in [6, 6.07) is 10.2. The van der Waals surface area contributed by atoms with Gasteiger partial charge in [-0.25, -0.2) is 4.98 Å². The van der Waals surface area contributed by atoms with Gasteiger partial charge in [0.25, 0.3) is 0 Å². The Balaban J connectivity index is 1.78. The molecule has 1 fully saturated rings. The number of likely N-dealkylation sites (N-methyl/N-ethyl adjacent to an activating group) is 1. The van der Waals surface area contributed by atoms with Crippen molar-refractivity contribution in [2.24, 2.45) is 0 Å². The fourth-order valence-electron chi connectivity index (χ4n) is 3.24. The minimum atomic E-state index is -0.364. The molecule has 1 aliphatic rings. The zero-order chi connectivity index (χ0) is 15.1.